The average Bonchev–Trinajstić information content (AvgIpc) is 2.58. The highest BCUT2D eigenvalue weighted by Gasteiger charge is 2.27. The Labute approximate surface area is 166 Å². The summed E-state index contributed by atoms with van der Waals surface area (Å²) >= 11 is 0. The number of ether oxygens (including phenoxy) is 1. The first kappa shape index (κ1) is 21.5. The Morgan fingerprint density at radius 2 is 1.82 bits per heavy atom. The average molecular weight is 390 g/mol. The van der Waals surface area contributed by atoms with Gasteiger partial charge in [0.1, 0.15) is 5.60 Å². The van der Waals surface area contributed by atoms with Gasteiger partial charge in [-0.2, -0.15) is 0 Å². The number of carbonyl (C=O) groups excluding carboxylic acids is 1. The number of aliphatic imine (C=N–C) groups is 1. The Hall–Kier alpha value is -2.77. The predicted octanol–water partition coefficient (Wildman–Crippen LogP) is 2.85. The monoisotopic (exact) mass is 390 g/mol. The Balaban J connectivity index is 2.23. The zero-order valence-electron chi connectivity index (χ0n) is 17.2. The second-order valence-corrected chi connectivity index (χ2v) is 8.09. The fraction of sp³-hybridized carbons (Fsp3) is 0.550. The summed E-state index contributed by atoms with van der Waals surface area (Å²) in [5.41, 5.74) is 7.27. The SMILES string of the molecule is CC(C)N=Cc1c(N2CCN(C(=O)OC(C)(C)C)CC2)ccc(C(=O)O)c1N. The van der Waals surface area contributed by atoms with Crippen molar-refractivity contribution in [3.05, 3.63) is 23.3 Å². The highest BCUT2D eigenvalue weighted by molar-refractivity contribution is 6.03. The van der Waals surface area contributed by atoms with Crippen LogP contribution in [0.25, 0.3) is 0 Å². The summed E-state index contributed by atoms with van der Waals surface area (Å²) in [5.74, 6) is -1.07. The third kappa shape index (κ3) is 5.37. The molecule has 1 amide bonds. The molecule has 0 saturated carbocycles. The number of piperazine rings is 1. The van der Waals surface area contributed by atoms with Gasteiger partial charge in [-0.15, -0.1) is 0 Å². The summed E-state index contributed by atoms with van der Waals surface area (Å²) in [4.78, 5) is 31.8. The van der Waals surface area contributed by atoms with E-state index in [1.54, 1.807) is 17.2 Å². The fourth-order valence-corrected chi connectivity index (χ4v) is 2.90. The zero-order chi connectivity index (χ0) is 21.1. The number of nitrogens with zero attached hydrogens (tertiary/aromatic N) is 3. The van der Waals surface area contributed by atoms with Crippen molar-refractivity contribution in [3.63, 3.8) is 0 Å². The molecule has 2 rings (SSSR count). The first-order valence-corrected chi connectivity index (χ1v) is 9.41. The molecule has 154 valence electrons. The van der Waals surface area contributed by atoms with E-state index >= 15 is 0 Å². The van der Waals surface area contributed by atoms with Gasteiger partial charge in [-0.3, -0.25) is 4.99 Å². The van der Waals surface area contributed by atoms with E-state index in [4.69, 9.17) is 10.5 Å². The van der Waals surface area contributed by atoms with Crippen molar-refractivity contribution in [1.82, 2.24) is 4.90 Å². The van der Waals surface area contributed by atoms with Crippen LogP contribution in [0.3, 0.4) is 0 Å². The molecule has 1 aliphatic rings. The van der Waals surface area contributed by atoms with Crippen LogP contribution in [0.4, 0.5) is 16.2 Å². The van der Waals surface area contributed by atoms with E-state index in [2.05, 4.69) is 9.89 Å². The molecule has 0 spiro atoms. The number of carboxylic acid groups (broad SMARTS) is 1. The molecule has 1 heterocycles. The molecule has 0 radical (unpaired) electrons. The number of nitrogen functional groups attached to an aromatic ring is 1. The maximum atomic E-state index is 12.3. The standard InChI is InChI=1S/C20H30N4O4/c1-13(2)22-12-15-16(7-6-14(17(15)21)18(25)26)23-8-10-24(11-9-23)19(27)28-20(3,4)5/h6-7,12-13H,8-11,21H2,1-5H3,(H,25,26). The highest BCUT2D eigenvalue weighted by Crippen LogP contribution is 2.29. The second kappa shape index (κ2) is 8.50. The Morgan fingerprint density at radius 3 is 2.32 bits per heavy atom. The van der Waals surface area contributed by atoms with Crippen molar-refractivity contribution >= 4 is 29.7 Å². The molecule has 1 saturated heterocycles. The van der Waals surface area contributed by atoms with Crippen LogP contribution < -0.4 is 10.6 Å². The van der Waals surface area contributed by atoms with Crippen LogP contribution in [0.15, 0.2) is 17.1 Å². The Bertz CT molecular complexity index is 760. The minimum absolute atomic E-state index is 0.0568. The molecule has 0 aliphatic carbocycles. The van der Waals surface area contributed by atoms with Crippen LogP contribution in [0.5, 0.6) is 0 Å². The van der Waals surface area contributed by atoms with Gasteiger partial charge < -0.3 is 25.4 Å². The molecule has 0 atom stereocenters. The van der Waals surface area contributed by atoms with E-state index in [1.807, 2.05) is 34.6 Å². The first-order chi connectivity index (χ1) is 13.0. The van der Waals surface area contributed by atoms with Crippen molar-refractivity contribution < 1.29 is 19.4 Å². The summed E-state index contributed by atoms with van der Waals surface area (Å²) < 4.78 is 5.43. The van der Waals surface area contributed by atoms with Gasteiger partial charge in [0.2, 0.25) is 0 Å². The minimum atomic E-state index is -1.07. The summed E-state index contributed by atoms with van der Waals surface area (Å²) in [6.07, 6.45) is 1.32. The lowest BCUT2D eigenvalue weighted by atomic mass is 10.0. The third-order valence-corrected chi connectivity index (χ3v) is 4.27. The van der Waals surface area contributed by atoms with Gasteiger partial charge in [-0.1, -0.05) is 0 Å². The Morgan fingerprint density at radius 1 is 1.21 bits per heavy atom. The van der Waals surface area contributed by atoms with Crippen molar-refractivity contribution in [2.24, 2.45) is 4.99 Å². The molecule has 3 N–H and O–H groups in total. The van der Waals surface area contributed by atoms with Gasteiger partial charge in [0, 0.05) is 49.7 Å². The molecule has 1 aliphatic heterocycles. The van der Waals surface area contributed by atoms with E-state index in [0.717, 1.165) is 5.69 Å². The van der Waals surface area contributed by atoms with Gasteiger partial charge in [-0.05, 0) is 46.8 Å². The summed E-state index contributed by atoms with van der Waals surface area (Å²) in [7, 11) is 0. The molecule has 0 bridgehead atoms. The van der Waals surface area contributed by atoms with Gasteiger partial charge in [0.25, 0.3) is 0 Å². The Kier molecular flexibility index (Phi) is 6.53. The largest absolute Gasteiger partial charge is 0.478 e. The number of amides is 1. The number of anilines is 2. The van der Waals surface area contributed by atoms with Crippen molar-refractivity contribution in [3.8, 4) is 0 Å². The number of hydrogen-bond donors (Lipinski definition) is 2. The molecule has 1 fully saturated rings. The quantitative estimate of drug-likeness (QED) is 0.604. The number of aromatic carboxylic acids is 1. The number of nitrogens with two attached hydrogens (primary N) is 1. The topological polar surface area (TPSA) is 108 Å². The third-order valence-electron chi connectivity index (χ3n) is 4.27. The fourth-order valence-electron chi connectivity index (χ4n) is 2.90. The molecular formula is C20H30N4O4. The lowest BCUT2D eigenvalue weighted by molar-refractivity contribution is 0.0240. The van der Waals surface area contributed by atoms with E-state index in [0.29, 0.717) is 31.7 Å². The minimum Gasteiger partial charge on any atom is -0.478 e. The van der Waals surface area contributed by atoms with E-state index in [-0.39, 0.29) is 23.4 Å². The van der Waals surface area contributed by atoms with Crippen molar-refractivity contribution in [2.75, 3.05) is 36.8 Å². The van der Waals surface area contributed by atoms with Crippen LogP contribution in [0.1, 0.15) is 50.5 Å². The molecule has 8 heteroatoms. The van der Waals surface area contributed by atoms with E-state index in [9.17, 15) is 14.7 Å². The number of carboxylic acids is 1. The van der Waals surface area contributed by atoms with Crippen molar-refractivity contribution in [1.29, 1.82) is 0 Å². The number of carbonyl (C=O) groups is 2. The van der Waals surface area contributed by atoms with Crippen LogP contribution in [0.2, 0.25) is 0 Å². The molecule has 0 aromatic heterocycles. The smallest absolute Gasteiger partial charge is 0.410 e. The maximum Gasteiger partial charge on any atom is 0.410 e. The molecule has 0 unspecified atom stereocenters. The highest BCUT2D eigenvalue weighted by atomic mass is 16.6. The predicted molar refractivity (Wildman–Crippen MR) is 111 cm³/mol. The molecule has 1 aromatic carbocycles. The maximum absolute atomic E-state index is 12.3. The zero-order valence-corrected chi connectivity index (χ0v) is 17.2. The molecule has 1 aromatic rings. The summed E-state index contributed by atoms with van der Waals surface area (Å²) in [6.45, 7) is 11.6. The van der Waals surface area contributed by atoms with E-state index in [1.165, 1.54) is 6.07 Å². The molecular weight excluding hydrogens is 360 g/mol. The normalized spacial score (nSPS) is 15.4. The molecule has 8 nitrogen and oxygen atoms in total. The lowest BCUT2D eigenvalue weighted by Crippen LogP contribution is -2.50. The number of hydrogen-bond acceptors (Lipinski definition) is 6. The van der Waals surface area contributed by atoms with Crippen LogP contribution in [-0.4, -0.2) is 66.1 Å². The van der Waals surface area contributed by atoms with Gasteiger partial charge in [0.15, 0.2) is 0 Å². The first-order valence-electron chi connectivity index (χ1n) is 9.41. The van der Waals surface area contributed by atoms with Crippen LogP contribution >= 0.6 is 0 Å². The van der Waals surface area contributed by atoms with Crippen LogP contribution in [0, 0.1) is 0 Å². The second-order valence-electron chi connectivity index (χ2n) is 8.09. The molecule has 28 heavy (non-hydrogen) atoms. The van der Waals surface area contributed by atoms with Gasteiger partial charge in [-0.25, -0.2) is 9.59 Å². The lowest BCUT2D eigenvalue weighted by Gasteiger charge is -2.37. The van der Waals surface area contributed by atoms with Crippen LogP contribution in [-0.2, 0) is 4.74 Å². The van der Waals surface area contributed by atoms with E-state index < -0.39 is 11.6 Å². The van der Waals surface area contributed by atoms with Crippen molar-refractivity contribution in [2.45, 2.75) is 46.3 Å². The van der Waals surface area contributed by atoms with Gasteiger partial charge >= 0.3 is 12.1 Å². The number of benzene rings is 1. The number of rotatable bonds is 4. The van der Waals surface area contributed by atoms with Gasteiger partial charge in [0.05, 0.1) is 11.3 Å². The summed E-state index contributed by atoms with van der Waals surface area (Å²) in [6, 6.07) is 3.33. The summed E-state index contributed by atoms with van der Waals surface area (Å²) in [5, 5.41) is 9.36.